The molecule has 1 aliphatic heterocycles. The molecule has 8 nitrogen and oxygen atoms in total. The zero-order chi connectivity index (χ0) is 20.8. The number of halogens is 1. The van der Waals surface area contributed by atoms with Gasteiger partial charge in [-0.25, -0.2) is 8.91 Å². The predicted molar refractivity (Wildman–Crippen MR) is 110 cm³/mol. The Morgan fingerprint density at radius 3 is 2.67 bits per heavy atom. The van der Waals surface area contributed by atoms with E-state index in [1.807, 2.05) is 6.07 Å². The molecule has 1 amide bonds. The number of hydrogen-bond acceptors (Lipinski definition) is 5. The summed E-state index contributed by atoms with van der Waals surface area (Å²) in [4.78, 5) is 32.2. The first-order chi connectivity index (χ1) is 14.5. The van der Waals surface area contributed by atoms with Crippen molar-refractivity contribution in [3.8, 4) is 0 Å². The van der Waals surface area contributed by atoms with Gasteiger partial charge in [0.25, 0.3) is 11.5 Å². The minimum atomic E-state index is -0.528. The maximum Gasteiger partial charge on any atom is 0.277 e. The number of aryl methyl sites for hydroxylation is 1. The normalized spacial score (nSPS) is 14.6. The van der Waals surface area contributed by atoms with Crippen molar-refractivity contribution >= 4 is 28.1 Å². The van der Waals surface area contributed by atoms with Crippen LogP contribution in [0.25, 0.3) is 16.6 Å². The standard InChI is InChI=1S/C21H19FN6O2/c1-13-3-2-4-15(11-13)26-7-9-27(10-8-26)21(30)18-19-20(29)23-16-12-14(22)5-6-17(16)28(19)25-24-18/h2-6,11-12H,7-10H2,1H3,(H,23,29). The van der Waals surface area contributed by atoms with Crippen molar-refractivity contribution in [3.63, 3.8) is 0 Å². The van der Waals surface area contributed by atoms with E-state index in [1.54, 1.807) is 4.90 Å². The third-order valence-corrected chi connectivity index (χ3v) is 5.46. The number of amides is 1. The van der Waals surface area contributed by atoms with Crippen LogP contribution < -0.4 is 10.5 Å². The molecular formula is C21H19FN6O2. The maximum atomic E-state index is 13.5. The second-order valence-corrected chi connectivity index (χ2v) is 7.43. The summed E-state index contributed by atoms with van der Waals surface area (Å²) in [6, 6.07) is 12.2. The molecule has 5 rings (SSSR count). The Hall–Kier alpha value is -3.75. The van der Waals surface area contributed by atoms with E-state index in [0.29, 0.717) is 37.2 Å². The Bertz CT molecular complexity index is 1340. The van der Waals surface area contributed by atoms with E-state index in [-0.39, 0.29) is 17.1 Å². The molecule has 9 heteroatoms. The van der Waals surface area contributed by atoms with Crippen LogP contribution in [0.3, 0.4) is 0 Å². The molecule has 0 radical (unpaired) electrons. The second kappa shape index (κ2) is 6.94. The number of rotatable bonds is 2. The van der Waals surface area contributed by atoms with Gasteiger partial charge in [-0.15, -0.1) is 5.10 Å². The van der Waals surface area contributed by atoms with Crippen molar-refractivity contribution in [2.24, 2.45) is 0 Å². The molecule has 1 N–H and O–H groups in total. The van der Waals surface area contributed by atoms with E-state index in [9.17, 15) is 14.0 Å². The third kappa shape index (κ3) is 2.99. The van der Waals surface area contributed by atoms with E-state index in [4.69, 9.17) is 0 Å². The first kappa shape index (κ1) is 18.3. The van der Waals surface area contributed by atoms with Gasteiger partial charge in [-0.05, 0) is 42.8 Å². The van der Waals surface area contributed by atoms with Gasteiger partial charge >= 0.3 is 0 Å². The lowest BCUT2D eigenvalue weighted by molar-refractivity contribution is 0.0742. The van der Waals surface area contributed by atoms with Gasteiger partial charge in [0.15, 0.2) is 11.2 Å². The number of fused-ring (bicyclic) bond motifs is 3. The predicted octanol–water partition coefficient (Wildman–Crippen LogP) is 1.98. The van der Waals surface area contributed by atoms with Crippen LogP contribution >= 0.6 is 0 Å². The molecule has 0 atom stereocenters. The van der Waals surface area contributed by atoms with Crippen LogP contribution in [0.1, 0.15) is 16.1 Å². The minimum Gasteiger partial charge on any atom is -0.368 e. The van der Waals surface area contributed by atoms with Gasteiger partial charge in [0.1, 0.15) is 5.82 Å². The molecule has 3 heterocycles. The number of piperazine rings is 1. The molecule has 4 aromatic rings. The molecule has 2 aromatic carbocycles. The first-order valence-electron chi connectivity index (χ1n) is 9.69. The molecule has 0 bridgehead atoms. The highest BCUT2D eigenvalue weighted by Gasteiger charge is 2.27. The molecule has 0 saturated carbocycles. The first-order valence-corrected chi connectivity index (χ1v) is 9.69. The molecule has 1 aliphatic rings. The monoisotopic (exact) mass is 406 g/mol. The fraction of sp³-hybridized carbons (Fsp3) is 0.238. The number of H-pyrrole nitrogens is 1. The average molecular weight is 406 g/mol. The topological polar surface area (TPSA) is 86.6 Å². The number of hydrogen-bond donors (Lipinski definition) is 1. The van der Waals surface area contributed by atoms with Gasteiger partial charge in [0, 0.05) is 31.9 Å². The Morgan fingerprint density at radius 1 is 1.10 bits per heavy atom. The summed E-state index contributed by atoms with van der Waals surface area (Å²) in [5, 5.41) is 7.98. The molecule has 152 valence electrons. The lowest BCUT2D eigenvalue weighted by Gasteiger charge is -2.35. The molecule has 0 spiro atoms. The summed E-state index contributed by atoms with van der Waals surface area (Å²) in [7, 11) is 0. The number of aromatic amines is 1. The van der Waals surface area contributed by atoms with Crippen LogP contribution in [-0.2, 0) is 0 Å². The summed E-state index contributed by atoms with van der Waals surface area (Å²) in [6.07, 6.45) is 0. The summed E-state index contributed by atoms with van der Waals surface area (Å²) in [5.74, 6) is -0.804. The van der Waals surface area contributed by atoms with Crippen molar-refractivity contribution in [2.75, 3.05) is 31.1 Å². The summed E-state index contributed by atoms with van der Waals surface area (Å²) >= 11 is 0. The summed E-state index contributed by atoms with van der Waals surface area (Å²) < 4.78 is 14.8. The van der Waals surface area contributed by atoms with Crippen molar-refractivity contribution in [3.05, 3.63) is 69.9 Å². The number of carbonyl (C=O) groups is 1. The van der Waals surface area contributed by atoms with E-state index in [1.165, 1.54) is 28.3 Å². The highest BCUT2D eigenvalue weighted by Crippen LogP contribution is 2.20. The van der Waals surface area contributed by atoms with Crippen LogP contribution in [0.2, 0.25) is 0 Å². The van der Waals surface area contributed by atoms with Crippen LogP contribution in [0, 0.1) is 12.7 Å². The number of carbonyl (C=O) groups excluding carboxylic acids is 1. The van der Waals surface area contributed by atoms with Crippen LogP contribution in [0.15, 0.2) is 47.3 Å². The number of nitrogens with one attached hydrogen (secondary N) is 1. The SMILES string of the molecule is Cc1cccc(N2CCN(C(=O)c3nnn4c3c(=O)[nH]c3cc(F)ccc34)CC2)c1. The van der Waals surface area contributed by atoms with E-state index in [0.717, 1.165) is 5.69 Å². The Kier molecular flexibility index (Phi) is 4.23. The molecule has 30 heavy (non-hydrogen) atoms. The third-order valence-electron chi connectivity index (χ3n) is 5.46. The highest BCUT2D eigenvalue weighted by molar-refractivity contribution is 5.99. The van der Waals surface area contributed by atoms with E-state index in [2.05, 4.69) is 45.3 Å². The highest BCUT2D eigenvalue weighted by atomic mass is 19.1. The minimum absolute atomic E-state index is 0.00600. The molecular weight excluding hydrogens is 387 g/mol. The van der Waals surface area contributed by atoms with Gasteiger partial charge in [-0.2, -0.15) is 0 Å². The van der Waals surface area contributed by atoms with Crippen LogP contribution in [0.5, 0.6) is 0 Å². The Labute approximate surface area is 170 Å². The Balaban J connectivity index is 1.43. The van der Waals surface area contributed by atoms with Crippen molar-refractivity contribution in [1.29, 1.82) is 0 Å². The molecule has 0 aliphatic carbocycles. The molecule has 1 saturated heterocycles. The van der Waals surface area contributed by atoms with Gasteiger partial charge in [0.2, 0.25) is 0 Å². The van der Waals surface area contributed by atoms with Crippen molar-refractivity contribution < 1.29 is 9.18 Å². The summed E-state index contributed by atoms with van der Waals surface area (Å²) in [6.45, 7) is 4.46. The van der Waals surface area contributed by atoms with E-state index >= 15 is 0 Å². The maximum absolute atomic E-state index is 13.5. The van der Waals surface area contributed by atoms with Crippen molar-refractivity contribution in [2.45, 2.75) is 6.92 Å². The fourth-order valence-electron chi connectivity index (χ4n) is 3.92. The van der Waals surface area contributed by atoms with Gasteiger partial charge < -0.3 is 14.8 Å². The van der Waals surface area contributed by atoms with Crippen LogP contribution in [-0.4, -0.2) is 56.8 Å². The van der Waals surface area contributed by atoms with Crippen LogP contribution in [0.4, 0.5) is 10.1 Å². The van der Waals surface area contributed by atoms with Gasteiger partial charge in [-0.3, -0.25) is 9.59 Å². The number of benzene rings is 2. The molecule has 2 aromatic heterocycles. The zero-order valence-electron chi connectivity index (χ0n) is 16.3. The fourth-order valence-corrected chi connectivity index (χ4v) is 3.92. The quantitative estimate of drug-likeness (QED) is 0.550. The van der Waals surface area contributed by atoms with Gasteiger partial charge in [-0.1, -0.05) is 17.3 Å². The number of aromatic nitrogens is 4. The summed E-state index contributed by atoms with van der Waals surface area (Å²) in [5.41, 5.74) is 2.63. The lowest BCUT2D eigenvalue weighted by atomic mass is 10.2. The van der Waals surface area contributed by atoms with E-state index < -0.39 is 11.4 Å². The lowest BCUT2D eigenvalue weighted by Crippen LogP contribution is -2.49. The largest absolute Gasteiger partial charge is 0.368 e. The smallest absolute Gasteiger partial charge is 0.277 e. The molecule has 1 fully saturated rings. The van der Waals surface area contributed by atoms with Gasteiger partial charge in [0.05, 0.1) is 11.0 Å². The number of nitrogens with zero attached hydrogens (tertiary/aromatic N) is 5. The Morgan fingerprint density at radius 2 is 1.90 bits per heavy atom. The second-order valence-electron chi connectivity index (χ2n) is 7.43. The van der Waals surface area contributed by atoms with Crippen molar-refractivity contribution in [1.82, 2.24) is 24.7 Å². The average Bonchev–Trinajstić information content (AvgIpc) is 3.19. The number of anilines is 1. The molecule has 0 unspecified atom stereocenters. The zero-order valence-corrected chi connectivity index (χ0v) is 16.3.